The predicted octanol–water partition coefficient (Wildman–Crippen LogP) is 8.44. The van der Waals surface area contributed by atoms with Gasteiger partial charge in [-0.3, -0.25) is 18.4 Å². The van der Waals surface area contributed by atoms with Crippen LogP contribution in [0.3, 0.4) is 0 Å². The number of rotatable bonds is 22. The number of ether oxygens (including phenoxy) is 3. The fourth-order valence-corrected chi connectivity index (χ4v) is 6.24. The van der Waals surface area contributed by atoms with E-state index in [0.717, 1.165) is 17.7 Å². The predicted molar refractivity (Wildman–Crippen MR) is 195 cm³/mol. The minimum Gasteiger partial charge on any atom is -0.494 e. The normalized spacial score (nSPS) is 14.6. The molecule has 0 aromatic heterocycles. The summed E-state index contributed by atoms with van der Waals surface area (Å²) in [6.07, 6.45) is 6.31. The van der Waals surface area contributed by atoms with Crippen LogP contribution in [0.2, 0.25) is 0 Å². The molecule has 0 aliphatic heterocycles. The molecule has 0 bridgehead atoms. The van der Waals surface area contributed by atoms with Gasteiger partial charge in [-0.2, -0.15) is 0 Å². The first-order chi connectivity index (χ1) is 23.1. The Hall–Kier alpha value is -2.66. The fraction of sp³-hybridized carbons (Fsp3) is 0.757. The lowest BCUT2D eigenvalue weighted by Crippen LogP contribution is -2.52. The van der Waals surface area contributed by atoms with E-state index in [1.165, 1.54) is 39.0 Å². The summed E-state index contributed by atoms with van der Waals surface area (Å²) in [6, 6.07) is 6.43. The highest BCUT2D eigenvalue weighted by Gasteiger charge is 2.41. The molecule has 1 rings (SSSR count). The van der Waals surface area contributed by atoms with Gasteiger partial charge in [-0.15, -0.1) is 0 Å². The minimum atomic E-state index is -4.29. The Kier molecular flexibility index (Phi) is 19.6. The van der Waals surface area contributed by atoms with Crippen LogP contribution in [0, 0.1) is 0 Å². The second kappa shape index (κ2) is 21.6. The number of carbonyl (C=O) groups excluding carboxylic acids is 3. The molecule has 2 amide bonds. The standard InChI is InChI=1S/C37H65N2O10P/c1-12-13-14-15-16-17-25-44-30-21-18-20-29(27-30)22-23-31(40)38-24-19-26-45-50(43,49-37(9,10)11)48-28(2)32(33(41)46-35(3,4)5)39-34(42)47-36(6,7)8/h18,20-21,27-28,32H,12-17,19,22-26H2,1-11H3,(H,38,40)(H,39,42). The van der Waals surface area contributed by atoms with Gasteiger partial charge in [0.15, 0.2) is 6.04 Å². The molecule has 0 aliphatic carbocycles. The van der Waals surface area contributed by atoms with Gasteiger partial charge in [0.05, 0.1) is 24.9 Å². The Morgan fingerprint density at radius 2 is 1.46 bits per heavy atom. The molecule has 50 heavy (non-hydrogen) atoms. The molecule has 3 unspecified atom stereocenters. The number of hydrogen-bond donors (Lipinski definition) is 2. The number of benzene rings is 1. The molecule has 1 aromatic carbocycles. The number of nitrogens with one attached hydrogen (secondary N) is 2. The molecule has 3 atom stereocenters. The first-order valence-corrected chi connectivity index (χ1v) is 19.4. The first kappa shape index (κ1) is 45.4. The molecule has 0 saturated heterocycles. The van der Waals surface area contributed by atoms with Crippen molar-refractivity contribution in [3.8, 4) is 5.75 Å². The van der Waals surface area contributed by atoms with Crippen molar-refractivity contribution >= 4 is 25.8 Å². The number of phosphoric acid groups is 1. The molecule has 0 fully saturated rings. The maximum absolute atomic E-state index is 13.8. The Balaban J connectivity index is 2.69. The van der Waals surface area contributed by atoms with Crippen molar-refractivity contribution in [2.45, 2.75) is 163 Å². The summed E-state index contributed by atoms with van der Waals surface area (Å²) in [6.45, 7) is 19.7. The van der Waals surface area contributed by atoms with Gasteiger partial charge in [0.2, 0.25) is 5.91 Å². The molecule has 0 saturated carbocycles. The second-order valence-corrected chi connectivity index (χ2v) is 17.0. The maximum Gasteiger partial charge on any atom is 0.475 e. The molecule has 288 valence electrons. The number of esters is 1. The largest absolute Gasteiger partial charge is 0.494 e. The van der Waals surface area contributed by atoms with Gasteiger partial charge in [-0.25, -0.2) is 14.2 Å². The van der Waals surface area contributed by atoms with Gasteiger partial charge in [-0.05, 0) is 106 Å². The Morgan fingerprint density at radius 3 is 2.08 bits per heavy atom. The summed E-state index contributed by atoms with van der Waals surface area (Å²) in [4.78, 5) is 38.2. The summed E-state index contributed by atoms with van der Waals surface area (Å²) >= 11 is 0. The Bertz CT molecular complexity index is 1220. The van der Waals surface area contributed by atoms with Gasteiger partial charge in [0, 0.05) is 13.0 Å². The molecular formula is C37H65N2O10P. The van der Waals surface area contributed by atoms with E-state index in [9.17, 15) is 18.9 Å². The van der Waals surface area contributed by atoms with Crippen molar-refractivity contribution in [3.05, 3.63) is 29.8 Å². The number of hydrogen-bond acceptors (Lipinski definition) is 10. The smallest absolute Gasteiger partial charge is 0.475 e. The average Bonchev–Trinajstić information content (AvgIpc) is 2.95. The molecule has 0 radical (unpaired) electrons. The van der Waals surface area contributed by atoms with Crippen LogP contribution in [0.5, 0.6) is 5.75 Å². The van der Waals surface area contributed by atoms with E-state index in [1.807, 2.05) is 24.3 Å². The van der Waals surface area contributed by atoms with Crippen molar-refractivity contribution in [1.82, 2.24) is 10.6 Å². The van der Waals surface area contributed by atoms with E-state index in [0.29, 0.717) is 25.9 Å². The quantitative estimate of drug-likeness (QED) is 0.0677. The summed E-state index contributed by atoms with van der Waals surface area (Å²) < 4.78 is 47.6. The van der Waals surface area contributed by atoms with Crippen LogP contribution in [-0.4, -0.2) is 66.7 Å². The summed E-state index contributed by atoms with van der Waals surface area (Å²) in [5.74, 6) is -0.130. The van der Waals surface area contributed by atoms with E-state index in [4.69, 9.17) is 27.8 Å². The molecule has 2 N–H and O–H groups in total. The number of aryl methyl sites for hydroxylation is 1. The van der Waals surface area contributed by atoms with Crippen LogP contribution < -0.4 is 15.4 Å². The van der Waals surface area contributed by atoms with Crippen LogP contribution in [0.25, 0.3) is 0 Å². The van der Waals surface area contributed by atoms with Crippen molar-refractivity contribution < 1.29 is 46.7 Å². The van der Waals surface area contributed by atoms with Crippen LogP contribution in [0.4, 0.5) is 4.79 Å². The lowest BCUT2D eigenvalue weighted by Gasteiger charge is -2.32. The highest BCUT2D eigenvalue weighted by atomic mass is 31.2. The zero-order chi connectivity index (χ0) is 38.0. The zero-order valence-electron chi connectivity index (χ0n) is 32.5. The molecule has 0 heterocycles. The van der Waals surface area contributed by atoms with E-state index >= 15 is 0 Å². The van der Waals surface area contributed by atoms with Crippen LogP contribution >= 0.6 is 7.82 Å². The van der Waals surface area contributed by atoms with Gasteiger partial charge >= 0.3 is 19.9 Å². The van der Waals surface area contributed by atoms with E-state index in [2.05, 4.69) is 17.6 Å². The topological polar surface area (TPSA) is 148 Å². The summed E-state index contributed by atoms with van der Waals surface area (Å²) in [5.41, 5.74) is -1.63. The zero-order valence-corrected chi connectivity index (χ0v) is 33.4. The minimum absolute atomic E-state index is 0.0745. The van der Waals surface area contributed by atoms with Gasteiger partial charge < -0.3 is 24.8 Å². The summed E-state index contributed by atoms with van der Waals surface area (Å²) in [5, 5.41) is 5.32. The lowest BCUT2D eigenvalue weighted by atomic mass is 10.1. The second-order valence-electron chi connectivity index (χ2n) is 15.4. The van der Waals surface area contributed by atoms with E-state index < -0.39 is 48.8 Å². The Morgan fingerprint density at radius 1 is 0.820 bits per heavy atom. The van der Waals surface area contributed by atoms with Crippen molar-refractivity contribution in [2.24, 2.45) is 0 Å². The van der Waals surface area contributed by atoms with Crippen LogP contribution in [0.1, 0.15) is 133 Å². The molecule has 13 heteroatoms. The number of alkyl carbamates (subject to hydrolysis) is 1. The third kappa shape index (κ3) is 22.2. The lowest BCUT2D eigenvalue weighted by molar-refractivity contribution is -0.160. The third-order valence-corrected chi connectivity index (χ3v) is 8.54. The van der Waals surface area contributed by atoms with Crippen LogP contribution in [-0.2, 0) is 43.6 Å². The fourth-order valence-electron chi connectivity index (χ4n) is 4.53. The molecule has 0 spiro atoms. The SMILES string of the molecule is CCCCCCCCOc1cccc(CCC(=O)NCCCOP(=O)(OC(C)C(NC(=O)OC(C)(C)C)C(=O)OC(C)(C)C)OC(C)(C)C)c1. The maximum atomic E-state index is 13.8. The van der Waals surface area contributed by atoms with Crippen molar-refractivity contribution in [1.29, 1.82) is 0 Å². The third-order valence-electron chi connectivity index (χ3n) is 6.68. The first-order valence-electron chi connectivity index (χ1n) is 18.0. The van der Waals surface area contributed by atoms with E-state index in [-0.39, 0.29) is 19.1 Å². The monoisotopic (exact) mass is 728 g/mol. The van der Waals surface area contributed by atoms with Crippen molar-refractivity contribution in [2.75, 3.05) is 19.8 Å². The molecule has 12 nitrogen and oxygen atoms in total. The van der Waals surface area contributed by atoms with E-state index in [1.54, 1.807) is 62.3 Å². The number of unbranched alkanes of at least 4 members (excludes halogenated alkanes) is 5. The van der Waals surface area contributed by atoms with Gasteiger partial charge in [0.1, 0.15) is 17.0 Å². The highest BCUT2D eigenvalue weighted by Crippen LogP contribution is 2.54. The Labute approximate surface area is 301 Å². The summed E-state index contributed by atoms with van der Waals surface area (Å²) in [7, 11) is -4.29. The van der Waals surface area contributed by atoms with Crippen LogP contribution in [0.15, 0.2) is 24.3 Å². The molecule has 0 aliphatic rings. The number of phosphoric ester groups is 1. The van der Waals surface area contributed by atoms with Crippen molar-refractivity contribution in [3.63, 3.8) is 0 Å². The number of carbonyl (C=O) groups is 3. The molecule has 1 aromatic rings. The highest BCUT2D eigenvalue weighted by molar-refractivity contribution is 7.48. The van der Waals surface area contributed by atoms with Gasteiger partial charge in [0.25, 0.3) is 0 Å². The van der Waals surface area contributed by atoms with Gasteiger partial charge in [-0.1, -0.05) is 51.2 Å². The average molecular weight is 729 g/mol. The number of amides is 2. The molecular weight excluding hydrogens is 663 g/mol.